The number of hydrogen-bond donors (Lipinski definition) is 10. The van der Waals surface area contributed by atoms with Crippen LogP contribution in [0.1, 0.15) is 19.3 Å². The normalized spacial score (nSPS) is 28.3. The maximum absolute atomic E-state index is 11.9. The summed E-state index contributed by atoms with van der Waals surface area (Å²) in [5.41, 5.74) is 0. The molecular formula is C33H62N2O20. The predicted octanol–water partition coefficient (Wildman–Crippen LogP) is -5.88. The third-order valence-electron chi connectivity index (χ3n) is 8.12. The Balaban J connectivity index is 1.27. The van der Waals surface area contributed by atoms with Crippen LogP contribution >= 0.6 is 0 Å². The molecule has 2 rings (SSSR count). The van der Waals surface area contributed by atoms with Crippen LogP contribution in [0.3, 0.4) is 0 Å². The van der Waals surface area contributed by atoms with E-state index in [0.29, 0.717) is 32.7 Å². The van der Waals surface area contributed by atoms with Crippen molar-refractivity contribution < 1.29 is 97.8 Å². The van der Waals surface area contributed by atoms with Crippen molar-refractivity contribution in [2.45, 2.75) is 80.7 Å². The van der Waals surface area contributed by atoms with Crippen LogP contribution < -0.4 is 10.6 Å². The third-order valence-corrected chi connectivity index (χ3v) is 8.12. The van der Waals surface area contributed by atoms with Crippen molar-refractivity contribution in [2.75, 3.05) is 119 Å². The molecule has 22 nitrogen and oxygen atoms in total. The lowest BCUT2D eigenvalue weighted by atomic mass is 9.99. The van der Waals surface area contributed by atoms with Crippen molar-refractivity contribution in [3.63, 3.8) is 0 Å². The van der Waals surface area contributed by atoms with Crippen LogP contribution in [0.5, 0.6) is 0 Å². The van der Waals surface area contributed by atoms with Crippen LogP contribution in [0.2, 0.25) is 0 Å². The van der Waals surface area contributed by atoms with Gasteiger partial charge in [-0.05, 0) is 6.42 Å². The van der Waals surface area contributed by atoms with Crippen molar-refractivity contribution in [1.82, 2.24) is 10.6 Å². The first-order valence-electron chi connectivity index (χ1n) is 18.4. The minimum atomic E-state index is -1.51. The van der Waals surface area contributed by atoms with Gasteiger partial charge in [-0.1, -0.05) is 0 Å². The quantitative estimate of drug-likeness (QED) is 0.0283. The SMILES string of the molecule is O=C(CCOCCCOCCC(=O)NCCOCCOCCO[C@H]1O[C@@H](CO)[C@@H](O)C(O)C1O)NCCOCCOCCO[C@H]1OC(CO)[C@@H](O)C(O)C1O. The topological polar surface area (TPSA) is 312 Å². The zero-order chi connectivity index (χ0) is 40.3. The molecule has 0 aromatic rings. The molecule has 324 valence electrons. The predicted molar refractivity (Wildman–Crippen MR) is 184 cm³/mol. The van der Waals surface area contributed by atoms with Crippen LogP contribution in [0.25, 0.3) is 0 Å². The highest BCUT2D eigenvalue weighted by Gasteiger charge is 2.45. The van der Waals surface area contributed by atoms with Crippen LogP contribution in [0.4, 0.5) is 0 Å². The molecule has 0 radical (unpaired) electrons. The number of hydrogen-bond acceptors (Lipinski definition) is 20. The lowest BCUT2D eigenvalue weighted by Gasteiger charge is -2.39. The fourth-order valence-electron chi connectivity index (χ4n) is 5.00. The molecule has 2 heterocycles. The molecule has 2 aliphatic heterocycles. The molecule has 10 N–H and O–H groups in total. The monoisotopic (exact) mass is 806 g/mol. The fourth-order valence-corrected chi connectivity index (χ4v) is 5.00. The summed E-state index contributed by atoms with van der Waals surface area (Å²) in [5, 5.41) is 82.7. The Kier molecular flexibility index (Phi) is 27.2. The van der Waals surface area contributed by atoms with E-state index in [1.165, 1.54) is 0 Å². The van der Waals surface area contributed by atoms with E-state index in [9.17, 15) is 50.4 Å². The van der Waals surface area contributed by atoms with Gasteiger partial charge in [0.25, 0.3) is 0 Å². The minimum absolute atomic E-state index is 0.0371. The van der Waals surface area contributed by atoms with Crippen molar-refractivity contribution in [3.05, 3.63) is 0 Å². The van der Waals surface area contributed by atoms with Crippen molar-refractivity contribution >= 4 is 11.8 Å². The van der Waals surface area contributed by atoms with Gasteiger partial charge in [-0.2, -0.15) is 0 Å². The molecule has 0 aromatic heterocycles. The van der Waals surface area contributed by atoms with Crippen molar-refractivity contribution in [1.29, 1.82) is 0 Å². The average Bonchev–Trinajstić information content (AvgIpc) is 3.18. The molecule has 2 amide bonds. The Morgan fingerprint density at radius 3 is 1.16 bits per heavy atom. The Morgan fingerprint density at radius 2 is 0.782 bits per heavy atom. The standard InChI is InChI=1S/C33H62N2O20/c36-20-22-26(40)28(42)30(44)32(54-22)52-18-16-50-14-12-48-10-4-34-24(38)2-8-46-6-1-7-47-9-3-25(39)35-5-11-49-13-15-51-17-19-53-33-31(45)29(43)27(41)23(21-37)55-33/h22-23,26-33,36-37,40-45H,1-21H2,(H,34,38)(H,35,39)/t22-,23?,26+,27+,28?,29?,30?,31?,32-,33-/m0/s1. The van der Waals surface area contributed by atoms with E-state index in [0.717, 1.165) is 0 Å². The smallest absolute Gasteiger partial charge is 0.222 e. The number of carbonyl (C=O) groups is 2. The molecule has 2 fully saturated rings. The lowest BCUT2D eigenvalue weighted by molar-refractivity contribution is -0.302. The second-order valence-corrected chi connectivity index (χ2v) is 12.4. The number of aliphatic hydroxyl groups is 8. The molecule has 55 heavy (non-hydrogen) atoms. The summed E-state index contributed by atoms with van der Waals surface area (Å²) in [5.74, 6) is -0.353. The van der Waals surface area contributed by atoms with E-state index in [4.69, 9.17) is 47.4 Å². The molecular weight excluding hydrogens is 744 g/mol. The van der Waals surface area contributed by atoms with Gasteiger partial charge < -0.3 is 98.9 Å². The fraction of sp³-hybridized carbons (Fsp3) is 0.939. The second-order valence-electron chi connectivity index (χ2n) is 12.4. The molecule has 0 spiro atoms. The summed E-state index contributed by atoms with van der Waals surface area (Å²) >= 11 is 0. The first-order valence-corrected chi connectivity index (χ1v) is 18.4. The molecule has 2 saturated heterocycles. The maximum Gasteiger partial charge on any atom is 0.222 e. The summed E-state index contributed by atoms with van der Waals surface area (Å²) in [6.45, 7) is 2.90. The first kappa shape index (κ1) is 49.4. The number of aliphatic hydroxyl groups excluding tert-OH is 8. The number of ether oxygens (including phenoxy) is 10. The Bertz CT molecular complexity index is 911. The lowest BCUT2D eigenvalue weighted by Crippen LogP contribution is -2.59. The molecule has 0 bridgehead atoms. The summed E-state index contributed by atoms with van der Waals surface area (Å²) < 4.78 is 53.5. The van der Waals surface area contributed by atoms with E-state index >= 15 is 0 Å². The van der Waals surface area contributed by atoms with Gasteiger partial charge in [-0.15, -0.1) is 0 Å². The van der Waals surface area contributed by atoms with Crippen molar-refractivity contribution in [2.24, 2.45) is 0 Å². The first-order chi connectivity index (χ1) is 26.6. The zero-order valence-corrected chi connectivity index (χ0v) is 31.1. The molecule has 0 aliphatic carbocycles. The highest BCUT2D eigenvalue weighted by Crippen LogP contribution is 2.23. The largest absolute Gasteiger partial charge is 0.394 e. The van der Waals surface area contributed by atoms with Crippen LogP contribution in [-0.2, 0) is 57.0 Å². The molecule has 5 unspecified atom stereocenters. The van der Waals surface area contributed by atoms with Gasteiger partial charge in [0, 0.05) is 39.1 Å². The Morgan fingerprint density at radius 1 is 0.436 bits per heavy atom. The van der Waals surface area contributed by atoms with Gasteiger partial charge in [0.2, 0.25) is 11.8 Å². The number of carbonyl (C=O) groups excluding carboxylic acids is 2. The van der Waals surface area contributed by atoms with Gasteiger partial charge in [-0.25, -0.2) is 0 Å². The highest BCUT2D eigenvalue weighted by molar-refractivity contribution is 5.76. The molecule has 0 aromatic carbocycles. The summed E-state index contributed by atoms with van der Waals surface area (Å²) in [7, 11) is 0. The van der Waals surface area contributed by atoms with E-state index in [1.807, 2.05) is 0 Å². The highest BCUT2D eigenvalue weighted by atomic mass is 16.7. The minimum Gasteiger partial charge on any atom is -0.394 e. The molecule has 0 saturated carbocycles. The number of nitrogens with one attached hydrogen (secondary N) is 2. The van der Waals surface area contributed by atoms with Crippen molar-refractivity contribution in [3.8, 4) is 0 Å². The number of amides is 2. The van der Waals surface area contributed by atoms with Gasteiger partial charge in [-0.3, -0.25) is 9.59 Å². The molecule has 2 aliphatic rings. The zero-order valence-electron chi connectivity index (χ0n) is 31.1. The van der Waals surface area contributed by atoms with E-state index < -0.39 is 74.6 Å². The van der Waals surface area contributed by atoms with Gasteiger partial charge in [0.15, 0.2) is 12.6 Å². The summed E-state index contributed by atoms with van der Waals surface area (Å²) in [6, 6.07) is 0. The Labute approximate surface area is 319 Å². The Hall–Kier alpha value is -1.78. The van der Waals surface area contributed by atoms with E-state index in [1.54, 1.807) is 0 Å². The van der Waals surface area contributed by atoms with Gasteiger partial charge in [0.05, 0.1) is 92.5 Å². The molecule has 22 heteroatoms. The average molecular weight is 807 g/mol. The summed E-state index contributed by atoms with van der Waals surface area (Å²) in [6.07, 6.45) is -12.4. The van der Waals surface area contributed by atoms with Crippen LogP contribution in [0, 0.1) is 0 Å². The van der Waals surface area contributed by atoms with Crippen LogP contribution in [-0.4, -0.2) is 233 Å². The summed E-state index contributed by atoms with van der Waals surface area (Å²) in [4.78, 5) is 23.8. The second kappa shape index (κ2) is 30.3. The third kappa shape index (κ3) is 20.5. The maximum atomic E-state index is 11.9. The van der Waals surface area contributed by atoms with Gasteiger partial charge in [0.1, 0.15) is 48.8 Å². The van der Waals surface area contributed by atoms with E-state index in [2.05, 4.69) is 10.6 Å². The van der Waals surface area contributed by atoms with Crippen LogP contribution in [0.15, 0.2) is 0 Å². The van der Waals surface area contributed by atoms with E-state index in [-0.39, 0.29) is 104 Å². The van der Waals surface area contributed by atoms with Gasteiger partial charge >= 0.3 is 0 Å². The molecule has 10 atom stereocenters. The number of rotatable bonds is 32.